The molecule has 1 aromatic carbocycles. The van der Waals surface area contributed by atoms with E-state index in [1.165, 1.54) is 0 Å². The van der Waals surface area contributed by atoms with E-state index in [4.69, 9.17) is 0 Å². The lowest BCUT2D eigenvalue weighted by atomic mass is 10.0. The summed E-state index contributed by atoms with van der Waals surface area (Å²) in [5.74, 6) is 0.581. The van der Waals surface area contributed by atoms with E-state index in [9.17, 15) is 8.42 Å². The van der Waals surface area contributed by atoms with E-state index < -0.39 is 16.3 Å². The van der Waals surface area contributed by atoms with Crippen LogP contribution in [-0.2, 0) is 10.2 Å². The number of benzene rings is 1. The summed E-state index contributed by atoms with van der Waals surface area (Å²) >= 11 is 0. The van der Waals surface area contributed by atoms with E-state index >= 15 is 0 Å². The average molecular weight is 345 g/mol. The Hall–Kier alpha value is -1.76. The standard InChI is InChI=1S/C18H23N3O2S/c1-15-10-13-21(14-11-15)24(22,23)20-18(16-7-3-2-4-8-16)17-9-5-6-12-19-17/h2-9,12,15,18,20H,10-11,13-14H2,1H3/t18-/m1/s1. The summed E-state index contributed by atoms with van der Waals surface area (Å²) in [4.78, 5) is 4.35. The molecule has 3 rings (SSSR count). The summed E-state index contributed by atoms with van der Waals surface area (Å²) in [6.45, 7) is 3.30. The lowest BCUT2D eigenvalue weighted by Gasteiger charge is -2.31. The van der Waals surface area contributed by atoms with Crippen molar-refractivity contribution in [2.75, 3.05) is 13.1 Å². The maximum atomic E-state index is 12.8. The lowest BCUT2D eigenvalue weighted by molar-refractivity contribution is 0.284. The van der Waals surface area contributed by atoms with Crippen molar-refractivity contribution in [1.82, 2.24) is 14.0 Å². The van der Waals surface area contributed by atoms with Gasteiger partial charge in [0.15, 0.2) is 0 Å². The summed E-state index contributed by atoms with van der Waals surface area (Å²) in [5, 5.41) is 0. The first-order valence-corrected chi connectivity index (χ1v) is 9.73. The highest BCUT2D eigenvalue weighted by Gasteiger charge is 2.30. The van der Waals surface area contributed by atoms with Crippen LogP contribution >= 0.6 is 0 Å². The molecule has 1 aliphatic heterocycles. The van der Waals surface area contributed by atoms with Crippen LogP contribution in [0.3, 0.4) is 0 Å². The highest BCUT2D eigenvalue weighted by atomic mass is 32.2. The summed E-state index contributed by atoms with van der Waals surface area (Å²) < 4.78 is 30.1. The Balaban J connectivity index is 1.87. The third kappa shape index (κ3) is 4.01. The van der Waals surface area contributed by atoms with Crippen LogP contribution < -0.4 is 4.72 Å². The second-order valence-corrected chi connectivity index (χ2v) is 8.00. The monoisotopic (exact) mass is 345 g/mol. The molecule has 0 radical (unpaired) electrons. The SMILES string of the molecule is CC1CCN(S(=O)(=O)N[C@H](c2ccccc2)c2ccccn2)CC1. The van der Waals surface area contributed by atoms with Gasteiger partial charge in [-0.2, -0.15) is 17.4 Å². The fourth-order valence-electron chi connectivity index (χ4n) is 2.94. The predicted molar refractivity (Wildman–Crippen MR) is 94.5 cm³/mol. The number of piperidine rings is 1. The molecule has 0 aliphatic carbocycles. The molecule has 1 N–H and O–H groups in total. The molecule has 1 aliphatic rings. The van der Waals surface area contributed by atoms with Crippen molar-refractivity contribution in [2.24, 2.45) is 5.92 Å². The number of hydrogen-bond donors (Lipinski definition) is 1. The van der Waals surface area contributed by atoms with Gasteiger partial charge in [-0.3, -0.25) is 4.98 Å². The fourth-order valence-corrected chi connectivity index (χ4v) is 4.34. The third-order valence-electron chi connectivity index (χ3n) is 4.47. The van der Waals surface area contributed by atoms with E-state index in [2.05, 4.69) is 16.6 Å². The van der Waals surface area contributed by atoms with Gasteiger partial charge < -0.3 is 0 Å². The maximum absolute atomic E-state index is 12.8. The molecule has 5 nitrogen and oxygen atoms in total. The maximum Gasteiger partial charge on any atom is 0.280 e. The van der Waals surface area contributed by atoms with Gasteiger partial charge in [0.25, 0.3) is 10.2 Å². The average Bonchev–Trinajstić information content (AvgIpc) is 2.62. The van der Waals surface area contributed by atoms with Crippen molar-refractivity contribution in [1.29, 1.82) is 0 Å². The first-order valence-electron chi connectivity index (χ1n) is 8.29. The van der Waals surface area contributed by atoms with E-state index in [0.717, 1.165) is 18.4 Å². The number of pyridine rings is 1. The Kier molecular flexibility index (Phi) is 5.28. The minimum atomic E-state index is -3.56. The van der Waals surface area contributed by atoms with Crippen LogP contribution in [0.15, 0.2) is 54.7 Å². The van der Waals surface area contributed by atoms with Crippen LogP contribution in [0, 0.1) is 5.92 Å². The molecule has 2 heterocycles. The zero-order chi connectivity index (χ0) is 17.0. The molecule has 0 bridgehead atoms. The van der Waals surface area contributed by atoms with Crippen molar-refractivity contribution in [3.8, 4) is 0 Å². The smallest absolute Gasteiger partial charge is 0.259 e. The number of nitrogens with one attached hydrogen (secondary N) is 1. The molecule has 0 spiro atoms. The zero-order valence-electron chi connectivity index (χ0n) is 13.8. The summed E-state index contributed by atoms with van der Waals surface area (Å²) in [6.07, 6.45) is 3.49. The van der Waals surface area contributed by atoms with E-state index in [0.29, 0.717) is 24.7 Å². The van der Waals surface area contributed by atoms with Gasteiger partial charge in [-0.1, -0.05) is 43.3 Å². The normalized spacial score (nSPS) is 18.4. The molecule has 128 valence electrons. The van der Waals surface area contributed by atoms with Gasteiger partial charge >= 0.3 is 0 Å². The van der Waals surface area contributed by atoms with Crippen LogP contribution in [-0.4, -0.2) is 30.8 Å². The minimum Gasteiger partial charge on any atom is -0.259 e. The molecule has 0 amide bonds. The van der Waals surface area contributed by atoms with Crippen LogP contribution in [0.25, 0.3) is 0 Å². The summed E-state index contributed by atoms with van der Waals surface area (Å²) in [5.41, 5.74) is 1.57. The first kappa shape index (κ1) is 17.1. The second kappa shape index (κ2) is 7.42. The molecule has 0 saturated carbocycles. The molecule has 1 atom stereocenters. The van der Waals surface area contributed by atoms with Gasteiger partial charge in [-0.15, -0.1) is 0 Å². The highest BCUT2D eigenvalue weighted by molar-refractivity contribution is 7.87. The Morgan fingerprint density at radius 2 is 1.75 bits per heavy atom. The molecule has 1 fully saturated rings. The fraction of sp³-hybridized carbons (Fsp3) is 0.389. The highest BCUT2D eigenvalue weighted by Crippen LogP contribution is 2.24. The van der Waals surface area contributed by atoms with Gasteiger partial charge in [0.2, 0.25) is 0 Å². The number of hydrogen-bond acceptors (Lipinski definition) is 3. The van der Waals surface area contributed by atoms with Crippen LogP contribution in [0.4, 0.5) is 0 Å². The molecule has 2 aromatic rings. The molecule has 1 aromatic heterocycles. The molecular weight excluding hydrogens is 322 g/mol. The first-order chi connectivity index (χ1) is 11.6. The van der Waals surface area contributed by atoms with Gasteiger partial charge in [0.1, 0.15) is 0 Å². The van der Waals surface area contributed by atoms with E-state index in [-0.39, 0.29) is 0 Å². The van der Waals surface area contributed by atoms with Crippen molar-refractivity contribution in [2.45, 2.75) is 25.8 Å². The molecule has 1 saturated heterocycles. The summed E-state index contributed by atoms with van der Waals surface area (Å²) in [7, 11) is -3.56. The largest absolute Gasteiger partial charge is 0.280 e. The molecule has 24 heavy (non-hydrogen) atoms. The van der Waals surface area contributed by atoms with Crippen molar-refractivity contribution >= 4 is 10.2 Å². The van der Waals surface area contributed by atoms with Gasteiger partial charge in [-0.05, 0) is 36.5 Å². The van der Waals surface area contributed by atoms with Crippen molar-refractivity contribution < 1.29 is 8.42 Å². The van der Waals surface area contributed by atoms with Gasteiger partial charge in [-0.25, -0.2) is 0 Å². The van der Waals surface area contributed by atoms with Gasteiger partial charge in [0.05, 0.1) is 11.7 Å². The summed E-state index contributed by atoms with van der Waals surface area (Å²) in [6, 6.07) is 14.6. The third-order valence-corrected chi connectivity index (χ3v) is 6.04. The van der Waals surface area contributed by atoms with E-state index in [1.54, 1.807) is 10.5 Å². The van der Waals surface area contributed by atoms with Gasteiger partial charge in [0, 0.05) is 19.3 Å². The Morgan fingerprint density at radius 1 is 1.08 bits per heavy atom. The van der Waals surface area contributed by atoms with Crippen LogP contribution in [0.2, 0.25) is 0 Å². The Morgan fingerprint density at radius 3 is 2.38 bits per heavy atom. The van der Waals surface area contributed by atoms with E-state index in [1.807, 2.05) is 48.5 Å². The lowest BCUT2D eigenvalue weighted by Crippen LogP contribution is -2.46. The Labute approximate surface area is 143 Å². The number of aromatic nitrogens is 1. The Bertz CT molecular complexity index is 703. The molecular formula is C18H23N3O2S. The zero-order valence-corrected chi connectivity index (χ0v) is 14.6. The molecule has 6 heteroatoms. The number of nitrogens with zero attached hydrogens (tertiary/aromatic N) is 2. The van der Waals surface area contributed by atoms with Crippen LogP contribution in [0.5, 0.6) is 0 Å². The second-order valence-electron chi connectivity index (χ2n) is 6.30. The predicted octanol–water partition coefficient (Wildman–Crippen LogP) is 2.74. The number of rotatable bonds is 5. The van der Waals surface area contributed by atoms with Crippen LogP contribution in [0.1, 0.15) is 37.1 Å². The van der Waals surface area contributed by atoms with Crippen molar-refractivity contribution in [3.63, 3.8) is 0 Å². The van der Waals surface area contributed by atoms with Crippen molar-refractivity contribution in [3.05, 3.63) is 66.0 Å². The topological polar surface area (TPSA) is 62.3 Å². The molecule has 0 unspecified atom stereocenters. The quantitative estimate of drug-likeness (QED) is 0.906. The minimum absolute atomic E-state index is 0.489.